The molecule has 4 rings (SSSR count). The van der Waals surface area contributed by atoms with E-state index in [1.807, 2.05) is 12.4 Å². The van der Waals surface area contributed by atoms with Crippen molar-refractivity contribution in [1.82, 2.24) is 9.97 Å². The summed E-state index contributed by atoms with van der Waals surface area (Å²) >= 11 is 1.40. The van der Waals surface area contributed by atoms with Gasteiger partial charge in [-0.2, -0.15) is 0 Å². The van der Waals surface area contributed by atoms with Gasteiger partial charge in [0.15, 0.2) is 5.82 Å². The van der Waals surface area contributed by atoms with Crippen molar-refractivity contribution in [1.29, 1.82) is 0 Å². The zero-order valence-electron chi connectivity index (χ0n) is 15.1. The number of thiophene rings is 1. The van der Waals surface area contributed by atoms with Crippen molar-refractivity contribution in [3.63, 3.8) is 0 Å². The van der Waals surface area contributed by atoms with Crippen LogP contribution in [0.1, 0.15) is 11.4 Å². The van der Waals surface area contributed by atoms with Gasteiger partial charge in [0.05, 0.1) is 12.4 Å². The number of halogens is 2. The number of aromatic amines is 1. The monoisotopic (exact) mass is 398 g/mol. The standard InChI is InChI=1S/C21H17F2N3OS/c1-26(10-13-2-6-15(22)7-3-13)11-18-24-20(27)19-17(12-28-21(19)25-18)14-4-8-16(23)9-5-14/h2-9,12H,10-11H2,1H3,(H,24,25,27)/p+1. The SMILES string of the molecule is C[NH+](Cc1ccc(F)cc1)Cc1nc2scc(-c3ccc(F)cc3)c2c(=O)[nH]1. The smallest absolute Gasteiger partial charge is 0.260 e. The third kappa shape index (κ3) is 3.85. The first-order chi connectivity index (χ1) is 13.5. The van der Waals surface area contributed by atoms with Gasteiger partial charge in [0.1, 0.15) is 29.6 Å². The molecule has 0 radical (unpaired) electrons. The molecule has 0 saturated heterocycles. The summed E-state index contributed by atoms with van der Waals surface area (Å²) < 4.78 is 26.2. The number of rotatable bonds is 5. The largest absolute Gasteiger partial charge is 0.327 e. The van der Waals surface area contributed by atoms with E-state index in [2.05, 4.69) is 9.97 Å². The molecule has 1 unspecified atom stereocenters. The van der Waals surface area contributed by atoms with Crippen molar-refractivity contribution in [3.8, 4) is 11.1 Å². The normalized spacial score (nSPS) is 12.4. The Morgan fingerprint density at radius 3 is 2.32 bits per heavy atom. The molecule has 142 valence electrons. The van der Waals surface area contributed by atoms with Crippen LogP contribution in [0.5, 0.6) is 0 Å². The molecule has 2 N–H and O–H groups in total. The number of hydrogen-bond acceptors (Lipinski definition) is 3. The number of H-pyrrole nitrogens is 1. The molecule has 0 aliphatic rings. The highest BCUT2D eigenvalue weighted by molar-refractivity contribution is 7.17. The lowest BCUT2D eigenvalue weighted by Crippen LogP contribution is -3.06. The van der Waals surface area contributed by atoms with Crippen LogP contribution in [0.2, 0.25) is 0 Å². The molecular weight excluding hydrogens is 380 g/mol. The molecule has 0 spiro atoms. The van der Waals surface area contributed by atoms with Gasteiger partial charge in [-0.05, 0) is 29.8 Å². The van der Waals surface area contributed by atoms with Gasteiger partial charge in [-0.15, -0.1) is 11.3 Å². The van der Waals surface area contributed by atoms with Crippen LogP contribution in [0.3, 0.4) is 0 Å². The average molecular weight is 398 g/mol. The molecule has 0 amide bonds. The van der Waals surface area contributed by atoms with Crippen LogP contribution >= 0.6 is 11.3 Å². The third-order valence-corrected chi connectivity index (χ3v) is 5.41. The Labute approximate surface area is 164 Å². The molecule has 0 fully saturated rings. The molecular formula is C21H18F2N3OS+. The van der Waals surface area contributed by atoms with E-state index in [0.717, 1.165) is 21.6 Å². The molecule has 1 atom stereocenters. The minimum Gasteiger partial charge on any atom is -0.327 e. The minimum absolute atomic E-state index is 0.199. The minimum atomic E-state index is -0.315. The van der Waals surface area contributed by atoms with Crippen LogP contribution in [-0.4, -0.2) is 17.0 Å². The Bertz CT molecular complexity index is 1170. The second-order valence-electron chi connectivity index (χ2n) is 6.79. The van der Waals surface area contributed by atoms with E-state index in [1.54, 1.807) is 24.3 Å². The number of nitrogens with zero attached hydrogens (tertiary/aromatic N) is 1. The van der Waals surface area contributed by atoms with E-state index in [4.69, 9.17) is 0 Å². The molecule has 4 aromatic rings. The molecule has 0 bridgehead atoms. The fraction of sp³-hybridized carbons (Fsp3) is 0.143. The Morgan fingerprint density at radius 2 is 1.64 bits per heavy atom. The Morgan fingerprint density at radius 1 is 1.00 bits per heavy atom. The number of fused-ring (bicyclic) bond motifs is 1. The lowest BCUT2D eigenvalue weighted by molar-refractivity contribution is -0.908. The van der Waals surface area contributed by atoms with E-state index in [1.165, 1.54) is 35.6 Å². The van der Waals surface area contributed by atoms with E-state index < -0.39 is 0 Å². The van der Waals surface area contributed by atoms with Gasteiger partial charge in [-0.25, -0.2) is 13.8 Å². The topological polar surface area (TPSA) is 50.2 Å². The lowest BCUT2D eigenvalue weighted by Gasteiger charge is -2.13. The summed E-state index contributed by atoms with van der Waals surface area (Å²) in [6.07, 6.45) is 0. The highest BCUT2D eigenvalue weighted by Gasteiger charge is 2.15. The Kier molecular flexibility index (Phi) is 5.02. The van der Waals surface area contributed by atoms with E-state index in [-0.39, 0.29) is 17.2 Å². The van der Waals surface area contributed by atoms with Gasteiger partial charge in [-0.1, -0.05) is 24.3 Å². The Hall–Kier alpha value is -2.90. The number of quaternary nitrogens is 1. The quantitative estimate of drug-likeness (QED) is 0.543. The van der Waals surface area contributed by atoms with Gasteiger partial charge >= 0.3 is 0 Å². The second kappa shape index (κ2) is 7.61. The van der Waals surface area contributed by atoms with Crippen molar-refractivity contribution in [2.75, 3.05) is 7.05 Å². The van der Waals surface area contributed by atoms with Gasteiger partial charge in [0, 0.05) is 16.5 Å². The van der Waals surface area contributed by atoms with Crippen molar-refractivity contribution >= 4 is 21.6 Å². The van der Waals surface area contributed by atoms with Crippen molar-refractivity contribution in [2.24, 2.45) is 0 Å². The predicted octanol–water partition coefficient (Wildman–Crippen LogP) is 3.14. The van der Waals surface area contributed by atoms with Gasteiger partial charge in [0.25, 0.3) is 5.56 Å². The summed E-state index contributed by atoms with van der Waals surface area (Å²) in [6.45, 7) is 1.22. The zero-order chi connectivity index (χ0) is 19.7. The molecule has 0 saturated carbocycles. The second-order valence-corrected chi connectivity index (χ2v) is 7.64. The van der Waals surface area contributed by atoms with Crippen molar-refractivity contribution < 1.29 is 13.7 Å². The molecule has 2 heterocycles. The van der Waals surface area contributed by atoms with Gasteiger partial charge in [0.2, 0.25) is 0 Å². The Balaban J connectivity index is 1.58. The average Bonchev–Trinajstić information content (AvgIpc) is 3.09. The molecule has 7 heteroatoms. The summed E-state index contributed by atoms with van der Waals surface area (Å²) in [6, 6.07) is 12.5. The van der Waals surface area contributed by atoms with Gasteiger partial charge in [-0.3, -0.25) is 4.79 Å². The summed E-state index contributed by atoms with van der Waals surface area (Å²) in [5.74, 6) is 0.0295. The molecule has 0 aliphatic heterocycles. The summed E-state index contributed by atoms with van der Waals surface area (Å²) in [5, 5.41) is 2.40. The molecule has 2 aromatic carbocycles. The van der Waals surface area contributed by atoms with E-state index in [0.29, 0.717) is 29.1 Å². The van der Waals surface area contributed by atoms with Crippen molar-refractivity contribution in [2.45, 2.75) is 13.1 Å². The van der Waals surface area contributed by atoms with Crippen LogP contribution < -0.4 is 10.5 Å². The lowest BCUT2D eigenvalue weighted by atomic mass is 10.1. The molecule has 2 aromatic heterocycles. The van der Waals surface area contributed by atoms with Crippen LogP contribution in [0.15, 0.2) is 58.7 Å². The van der Waals surface area contributed by atoms with Crippen LogP contribution in [0, 0.1) is 11.6 Å². The maximum Gasteiger partial charge on any atom is 0.260 e. The van der Waals surface area contributed by atoms with Crippen LogP contribution in [0.25, 0.3) is 21.3 Å². The highest BCUT2D eigenvalue weighted by Crippen LogP contribution is 2.30. The molecule has 28 heavy (non-hydrogen) atoms. The maximum atomic E-state index is 13.2. The fourth-order valence-electron chi connectivity index (χ4n) is 3.22. The van der Waals surface area contributed by atoms with E-state index >= 15 is 0 Å². The first kappa shape index (κ1) is 18.5. The number of aromatic nitrogens is 2. The number of nitrogens with one attached hydrogen (secondary N) is 2. The van der Waals surface area contributed by atoms with Crippen molar-refractivity contribution in [3.05, 3.63) is 87.3 Å². The summed E-state index contributed by atoms with van der Waals surface area (Å²) in [4.78, 5) is 21.9. The third-order valence-electron chi connectivity index (χ3n) is 4.54. The van der Waals surface area contributed by atoms with Gasteiger partial charge < -0.3 is 9.88 Å². The van der Waals surface area contributed by atoms with E-state index in [9.17, 15) is 13.6 Å². The molecule has 4 nitrogen and oxygen atoms in total. The number of benzene rings is 2. The van der Waals surface area contributed by atoms with Crippen LogP contribution in [0.4, 0.5) is 8.78 Å². The predicted molar refractivity (Wildman–Crippen MR) is 106 cm³/mol. The molecule has 0 aliphatic carbocycles. The van der Waals surface area contributed by atoms with Crippen LogP contribution in [-0.2, 0) is 13.1 Å². The fourth-order valence-corrected chi connectivity index (χ4v) is 4.18. The number of hydrogen-bond donors (Lipinski definition) is 2. The highest BCUT2D eigenvalue weighted by atomic mass is 32.1. The maximum absolute atomic E-state index is 13.2. The summed E-state index contributed by atoms with van der Waals surface area (Å²) in [5.41, 5.74) is 2.35. The zero-order valence-corrected chi connectivity index (χ0v) is 15.9. The first-order valence-corrected chi connectivity index (χ1v) is 9.69. The first-order valence-electron chi connectivity index (χ1n) is 8.81. The summed E-state index contributed by atoms with van der Waals surface area (Å²) in [7, 11) is 1.99.